The summed E-state index contributed by atoms with van der Waals surface area (Å²) in [6, 6.07) is 14.0. The smallest absolute Gasteiger partial charge is 0.276 e. The summed E-state index contributed by atoms with van der Waals surface area (Å²) in [7, 11) is 0. The van der Waals surface area contributed by atoms with Gasteiger partial charge < -0.3 is 10.1 Å². The van der Waals surface area contributed by atoms with E-state index in [1.807, 2.05) is 36.7 Å². The molecule has 0 saturated carbocycles. The predicted molar refractivity (Wildman–Crippen MR) is 111 cm³/mol. The SMILES string of the molecule is CCOc1cc(C)ccc1NC(=O)c1nn(-c2ccc(C)cc2)c2c1CCC2. The van der Waals surface area contributed by atoms with Crippen LogP contribution in [0.5, 0.6) is 5.75 Å². The van der Waals surface area contributed by atoms with Crippen molar-refractivity contribution in [3.63, 3.8) is 0 Å². The van der Waals surface area contributed by atoms with Crippen molar-refractivity contribution in [2.24, 2.45) is 0 Å². The fourth-order valence-corrected chi connectivity index (χ4v) is 3.71. The largest absolute Gasteiger partial charge is 0.492 e. The monoisotopic (exact) mass is 375 g/mol. The molecule has 0 radical (unpaired) electrons. The maximum absolute atomic E-state index is 13.1. The minimum absolute atomic E-state index is 0.186. The van der Waals surface area contributed by atoms with Crippen LogP contribution in [-0.4, -0.2) is 22.3 Å². The highest BCUT2D eigenvalue weighted by atomic mass is 16.5. The van der Waals surface area contributed by atoms with E-state index in [2.05, 4.69) is 41.6 Å². The molecule has 28 heavy (non-hydrogen) atoms. The summed E-state index contributed by atoms with van der Waals surface area (Å²) in [5, 5.41) is 7.69. The van der Waals surface area contributed by atoms with Crippen LogP contribution < -0.4 is 10.1 Å². The maximum Gasteiger partial charge on any atom is 0.276 e. The average Bonchev–Trinajstić information content (AvgIpc) is 3.27. The summed E-state index contributed by atoms with van der Waals surface area (Å²) in [6.45, 7) is 6.55. The van der Waals surface area contributed by atoms with E-state index >= 15 is 0 Å². The first kappa shape index (κ1) is 18.3. The van der Waals surface area contributed by atoms with Crippen LogP contribution in [0.3, 0.4) is 0 Å². The first-order chi connectivity index (χ1) is 13.6. The number of rotatable bonds is 5. The zero-order valence-electron chi connectivity index (χ0n) is 16.6. The molecule has 144 valence electrons. The highest BCUT2D eigenvalue weighted by Crippen LogP contribution is 2.30. The molecule has 2 aromatic carbocycles. The molecule has 1 heterocycles. The Labute approximate surface area is 165 Å². The third-order valence-electron chi connectivity index (χ3n) is 5.11. The van der Waals surface area contributed by atoms with Gasteiger partial charge in [-0.3, -0.25) is 4.79 Å². The van der Waals surface area contributed by atoms with Crippen LogP contribution in [0, 0.1) is 13.8 Å². The van der Waals surface area contributed by atoms with Gasteiger partial charge in [0, 0.05) is 11.3 Å². The third-order valence-corrected chi connectivity index (χ3v) is 5.11. The summed E-state index contributed by atoms with van der Waals surface area (Å²) < 4.78 is 7.62. The number of hydrogen-bond acceptors (Lipinski definition) is 3. The van der Waals surface area contributed by atoms with Crippen molar-refractivity contribution in [2.45, 2.75) is 40.0 Å². The zero-order valence-corrected chi connectivity index (χ0v) is 16.6. The molecule has 4 rings (SSSR count). The molecule has 5 nitrogen and oxygen atoms in total. The van der Waals surface area contributed by atoms with E-state index < -0.39 is 0 Å². The quantitative estimate of drug-likeness (QED) is 0.707. The third kappa shape index (κ3) is 3.40. The molecular formula is C23H25N3O2. The molecule has 1 N–H and O–H groups in total. The van der Waals surface area contributed by atoms with Gasteiger partial charge in [-0.25, -0.2) is 4.68 Å². The van der Waals surface area contributed by atoms with Crippen LogP contribution in [0.25, 0.3) is 5.69 Å². The van der Waals surface area contributed by atoms with Crippen molar-refractivity contribution in [3.8, 4) is 11.4 Å². The Kier molecular flexibility index (Phi) is 4.90. The van der Waals surface area contributed by atoms with Crippen LogP contribution in [0.15, 0.2) is 42.5 Å². The van der Waals surface area contributed by atoms with Gasteiger partial charge in [0.25, 0.3) is 5.91 Å². The van der Waals surface area contributed by atoms with Crippen molar-refractivity contribution < 1.29 is 9.53 Å². The van der Waals surface area contributed by atoms with Gasteiger partial charge in [-0.1, -0.05) is 23.8 Å². The Morgan fingerprint density at radius 1 is 1.11 bits per heavy atom. The Morgan fingerprint density at radius 2 is 1.86 bits per heavy atom. The summed E-state index contributed by atoms with van der Waals surface area (Å²) in [4.78, 5) is 13.1. The van der Waals surface area contributed by atoms with Gasteiger partial charge in [-0.2, -0.15) is 5.10 Å². The van der Waals surface area contributed by atoms with Gasteiger partial charge in [-0.15, -0.1) is 0 Å². The fourth-order valence-electron chi connectivity index (χ4n) is 3.71. The number of anilines is 1. The highest BCUT2D eigenvalue weighted by molar-refractivity contribution is 6.05. The molecule has 1 amide bonds. The highest BCUT2D eigenvalue weighted by Gasteiger charge is 2.27. The van der Waals surface area contributed by atoms with E-state index in [-0.39, 0.29) is 5.91 Å². The van der Waals surface area contributed by atoms with E-state index in [9.17, 15) is 4.79 Å². The first-order valence-corrected chi connectivity index (χ1v) is 9.79. The van der Waals surface area contributed by atoms with Crippen LogP contribution >= 0.6 is 0 Å². The number of aryl methyl sites for hydroxylation is 2. The Morgan fingerprint density at radius 3 is 2.61 bits per heavy atom. The van der Waals surface area contributed by atoms with Crippen LogP contribution in [0.2, 0.25) is 0 Å². The van der Waals surface area contributed by atoms with Gasteiger partial charge >= 0.3 is 0 Å². The lowest BCUT2D eigenvalue weighted by Gasteiger charge is -2.12. The molecule has 3 aromatic rings. The summed E-state index contributed by atoms with van der Waals surface area (Å²) in [5.41, 5.74) is 6.67. The minimum atomic E-state index is -0.186. The Hall–Kier alpha value is -3.08. The lowest BCUT2D eigenvalue weighted by molar-refractivity contribution is 0.102. The number of ether oxygens (including phenoxy) is 1. The van der Waals surface area contributed by atoms with Crippen molar-refractivity contribution >= 4 is 11.6 Å². The van der Waals surface area contributed by atoms with E-state index in [4.69, 9.17) is 4.74 Å². The van der Waals surface area contributed by atoms with E-state index in [1.54, 1.807) is 0 Å². The normalized spacial score (nSPS) is 12.7. The second-order valence-corrected chi connectivity index (χ2v) is 7.26. The van der Waals surface area contributed by atoms with Crippen LogP contribution in [0.1, 0.15) is 46.2 Å². The first-order valence-electron chi connectivity index (χ1n) is 9.79. The minimum Gasteiger partial charge on any atom is -0.492 e. The molecule has 0 spiro atoms. The topological polar surface area (TPSA) is 56.1 Å². The van der Waals surface area contributed by atoms with Gasteiger partial charge in [-0.05, 0) is 69.9 Å². The lowest BCUT2D eigenvalue weighted by Crippen LogP contribution is -2.16. The van der Waals surface area contributed by atoms with Crippen molar-refractivity contribution in [2.75, 3.05) is 11.9 Å². The second kappa shape index (κ2) is 7.50. The number of benzene rings is 2. The summed E-state index contributed by atoms with van der Waals surface area (Å²) in [5.74, 6) is 0.499. The average molecular weight is 375 g/mol. The Bertz CT molecular complexity index is 1020. The number of fused-ring (bicyclic) bond motifs is 1. The van der Waals surface area contributed by atoms with E-state index in [0.29, 0.717) is 23.7 Å². The molecule has 0 fully saturated rings. The number of hydrogen-bond donors (Lipinski definition) is 1. The van der Waals surface area contributed by atoms with Crippen LogP contribution in [0.4, 0.5) is 5.69 Å². The number of carbonyl (C=O) groups is 1. The molecule has 0 unspecified atom stereocenters. The number of nitrogens with one attached hydrogen (secondary N) is 1. The van der Waals surface area contributed by atoms with Crippen molar-refractivity contribution in [1.82, 2.24) is 9.78 Å². The molecule has 1 aliphatic carbocycles. The molecule has 1 aromatic heterocycles. The van der Waals surface area contributed by atoms with Gasteiger partial charge in [0.05, 0.1) is 18.0 Å². The van der Waals surface area contributed by atoms with E-state index in [1.165, 1.54) is 5.56 Å². The zero-order chi connectivity index (χ0) is 19.7. The van der Waals surface area contributed by atoms with Crippen molar-refractivity contribution in [3.05, 3.63) is 70.5 Å². The molecule has 1 aliphatic rings. The number of carbonyl (C=O) groups excluding carboxylic acids is 1. The summed E-state index contributed by atoms with van der Waals surface area (Å²) in [6.07, 6.45) is 2.88. The predicted octanol–water partition coefficient (Wildman–Crippen LogP) is 4.63. The number of aromatic nitrogens is 2. The fraction of sp³-hybridized carbons (Fsp3) is 0.304. The molecule has 0 aliphatic heterocycles. The standard InChI is InChI=1S/C23H25N3O2/c1-4-28-21-14-16(3)10-13-19(21)24-23(27)22-18-6-5-7-20(18)26(25-22)17-11-8-15(2)9-12-17/h8-14H,4-7H2,1-3H3,(H,24,27). The molecule has 0 atom stereocenters. The maximum atomic E-state index is 13.1. The van der Waals surface area contributed by atoms with Crippen LogP contribution in [-0.2, 0) is 12.8 Å². The lowest BCUT2D eigenvalue weighted by atomic mass is 10.1. The Balaban J connectivity index is 1.68. The molecule has 5 heteroatoms. The summed E-state index contributed by atoms with van der Waals surface area (Å²) >= 11 is 0. The number of nitrogens with zero attached hydrogens (tertiary/aromatic N) is 2. The molecule has 0 bridgehead atoms. The van der Waals surface area contributed by atoms with Gasteiger partial charge in [0.1, 0.15) is 5.75 Å². The van der Waals surface area contributed by atoms with Gasteiger partial charge in [0.2, 0.25) is 0 Å². The molecular weight excluding hydrogens is 350 g/mol. The molecule has 0 saturated heterocycles. The van der Waals surface area contributed by atoms with Gasteiger partial charge in [0.15, 0.2) is 5.69 Å². The number of amides is 1. The van der Waals surface area contributed by atoms with Crippen molar-refractivity contribution in [1.29, 1.82) is 0 Å². The second-order valence-electron chi connectivity index (χ2n) is 7.26. The van der Waals surface area contributed by atoms with E-state index in [0.717, 1.165) is 41.8 Å².